The molecule has 2 bridgehead atoms. The Kier molecular flexibility index (Phi) is 10.2. The molecule has 8 heteroatoms. The normalized spacial score (nSPS) is 29.2. The molecular formula is C32H44N2O5S. The summed E-state index contributed by atoms with van der Waals surface area (Å²) in [6.45, 7) is 12.8. The van der Waals surface area contributed by atoms with Crippen LogP contribution >= 0.6 is 11.8 Å². The molecule has 1 aromatic carbocycles. The summed E-state index contributed by atoms with van der Waals surface area (Å²) in [6.07, 6.45) is 8.58. The van der Waals surface area contributed by atoms with Crippen LogP contribution in [-0.4, -0.2) is 75.0 Å². The van der Waals surface area contributed by atoms with Gasteiger partial charge in [0.05, 0.1) is 35.8 Å². The van der Waals surface area contributed by atoms with E-state index in [1.165, 1.54) is 0 Å². The third-order valence-electron chi connectivity index (χ3n) is 8.87. The van der Waals surface area contributed by atoms with Crippen LogP contribution in [0.15, 0.2) is 55.6 Å². The van der Waals surface area contributed by atoms with Gasteiger partial charge in [-0.1, -0.05) is 69.2 Å². The molecule has 0 aliphatic carbocycles. The van der Waals surface area contributed by atoms with Crippen LogP contribution in [0.3, 0.4) is 0 Å². The number of carbonyl (C=O) groups is 3. The number of aliphatic hydroxyl groups excluding tert-OH is 1. The van der Waals surface area contributed by atoms with E-state index in [0.29, 0.717) is 19.5 Å². The molecular weight excluding hydrogens is 524 g/mol. The summed E-state index contributed by atoms with van der Waals surface area (Å²) in [6, 6.07) is 7.89. The van der Waals surface area contributed by atoms with Gasteiger partial charge in [-0.15, -0.1) is 24.9 Å². The van der Waals surface area contributed by atoms with E-state index in [4.69, 9.17) is 4.74 Å². The van der Waals surface area contributed by atoms with Crippen LogP contribution in [0.25, 0.3) is 0 Å². The van der Waals surface area contributed by atoms with Gasteiger partial charge in [0.1, 0.15) is 6.04 Å². The fraction of sp³-hybridized carbons (Fsp3) is 0.594. The molecule has 3 aliphatic rings. The van der Waals surface area contributed by atoms with Crippen LogP contribution in [0.1, 0.15) is 64.0 Å². The monoisotopic (exact) mass is 568 g/mol. The first kappa shape index (κ1) is 30.4. The van der Waals surface area contributed by atoms with Gasteiger partial charge < -0.3 is 19.6 Å². The number of hydrogen-bond acceptors (Lipinski definition) is 6. The Morgan fingerprint density at radius 1 is 1.23 bits per heavy atom. The molecule has 1 aromatic rings. The van der Waals surface area contributed by atoms with Gasteiger partial charge in [0.25, 0.3) is 0 Å². The van der Waals surface area contributed by atoms with Gasteiger partial charge in [-0.3, -0.25) is 14.4 Å². The lowest BCUT2D eigenvalue weighted by molar-refractivity contribution is -0.155. The Bertz CT molecular complexity index is 1080. The first-order chi connectivity index (χ1) is 19.4. The van der Waals surface area contributed by atoms with Crippen molar-refractivity contribution >= 4 is 29.5 Å². The van der Waals surface area contributed by atoms with Crippen molar-refractivity contribution in [2.75, 3.05) is 26.3 Å². The number of rotatable bonds is 15. The van der Waals surface area contributed by atoms with Crippen molar-refractivity contribution in [3.8, 4) is 0 Å². The van der Waals surface area contributed by atoms with Crippen LogP contribution < -0.4 is 0 Å². The highest BCUT2D eigenvalue weighted by molar-refractivity contribution is 8.02. The zero-order chi connectivity index (χ0) is 28.9. The minimum Gasteiger partial charge on any atom is -0.465 e. The van der Waals surface area contributed by atoms with Crippen LogP contribution in [0.5, 0.6) is 0 Å². The molecule has 3 saturated heterocycles. The van der Waals surface area contributed by atoms with Gasteiger partial charge in [-0.25, -0.2) is 0 Å². The van der Waals surface area contributed by atoms with Gasteiger partial charge in [-0.2, -0.15) is 0 Å². The number of likely N-dealkylation sites (tertiary alicyclic amines) is 1. The first-order valence-corrected chi connectivity index (χ1v) is 15.6. The van der Waals surface area contributed by atoms with E-state index in [0.717, 1.165) is 37.7 Å². The van der Waals surface area contributed by atoms with Crippen LogP contribution in [0, 0.1) is 17.8 Å². The van der Waals surface area contributed by atoms with E-state index in [-0.39, 0.29) is 42.2 Å². The molecule has 3 aliphatic heterocycles. The summed E-state index contributed by atoms with van der Waals surface area (Å²) in [4.78, 5) is 46.1. The first-order valence-electron chi connectivity index (χ1n) is 14.7. The topological polar surface area (TPSA) is 87.1 Å². The molecule has 1 N–H and O–H groups in total. The van der Waals surface area contributed by atoms with E-state index in [1.54, 1.807) is 28.8 Å². The van der Waals surface area contributed by atoms with E-state index in [2.05, 4.69) is 27.0 Å². The number of ether oxygens (including phenoxy) is 1. The fourth-order valence-electron chi connectivity index (χ4n) is 7.04. The summed E-state index contributed by atoms with van der Waals surface area (Å²) in [5, 5.41) is 10.6. The van der Waals surface area contributed by atoms with Gasteiger partial charge >= 0.3 is 5.97 Å². The minimum atomic E-state index is -0.799. The average Bonchev–Trinajstić information content (AvgIpc) is 3.55. The predicted octanol–water partition coefficient (Wildman–Crippen LogP) is 4.77. The zero-order valence-corrected chi connectivity index (χ0v) is 24.7. The smallest absolute Gasteiger partial charge is 0.310 e. The number of carbonyl (C=O) groups excluding carboxylic acids is 3. The SMILES string of the molecule is C=CCCCOC(=O)[C@@H]1[C@H]2C(=O)N([C@H](CO)c3ccccc3)C(C(=O)N(CC=C)CCCCC)C23S[C@@H]1CC3C. The number of nitrogens with zero attached hydrogens (tertiary/aromatic N) is 2. The number of unbranched alkanes of at least 4 members (excludes halogenated alkanes) is 3. The maximum absolute atomic E-state index is 14.6. The molecule has 3 fully saturated rings. The summed E-state index contributed by atoms with van der Waals surface area (Å²) >= 11 is 1.63. The Morgan fingerprint density at radius 2 is 1.98 bits per heavy atom. The molecule has 4 rings (SSSR count). The van der Waals surface area contributed by atoms with Gasteiger partial charge in [0.15, 0.2) is 0 Å². The molecule has 218 valence electrons. The molecule has 0 aromatic heterocycles. The van der Waals surface area contributed by atoms with E-state index in [9.17, 15) is 19.5 Å². The maximum atomic E-state index is 14.6. The number of amides is 2. The van der Waals surface area contributed by atoms with Crippen molar-refractivity contribution in [1.82, 2.24) is 9.80 Å². The maximum Gasteiger partial charge on any atom is 0.310 e. The van der Waals surface area contributed by atoms with Crippen LogP contribution in [-0.2, 0) is 19.1 Å². The van der Waals surface area contributed by atoms with Gasteiger partial charge in [-0.05, 0) is 37.2 Å². The Morgan fingerprint density at radius 3 is 2.62 bits per heavy atom. The van der Waals surface area contributed by atoms with Crippen molar-refractivity contribution in [3.63, 3.8) is 0 Å². The average molecular weight is 569 g/mol. The molecule has 7 nitrogen and oxygen atoms in total. The summed E-state index contributed by atoms with van der Waals surface area (Å²) in [7, 11) is 0. The number of fused-ring (bicyclic) bond motifs is 1. The molecule has 0 radical (unpaired) electrons. The lowest BCUT2D eigenvalue weighted by Crippen LogP contribution is -2.58. The van der Waals surface area contributed by atoms with Crippen molar-refractivity contribution in [1.29, 1.82) is 0 Å². The van der Waals surface area contributed by atoms with Crippen LogP contribution in [0.2, 0.25) is 0 Å². The lowest BCUT2D eigenvalue weighted by atomic mass is 9.66. The second-order valence-electron chi connectivity index (χ2n) is 11.3. The molecule has 2 amide bonds. The van der Waals surface area contributed by atoms with Crippen molar-refractivity contribution in [2.24, 2.45) is 17.8 Å². The zero-order valence-electron chi connectivity index (χ0n) is 23.9. The number of benzene rings is 1. The third-order valence-corrected chi connectivity index (χ3v) is 10.9. The second kappa shape index (κ2) is 13.4. The number of esters is 1. The van der Waals surface area contributed by atoms with Crippen LogP contribution in [0.4, 0.5) is 0 Å². The number of hydrogen-bond donors (Lipinski definition) is 1. The number of aliphatic hydroxyl groups is 1. The molecule has 1 spiro atoms. The van der Waals surface area contributed by atoms with Crippen molar-refractivity contribution in [2.45, 2.75) is 74.5 Å². The predicted molar refractivity (Wildman–Crippen MR) is 158 cm³/mol. The summed E-state index contributed by atoms with van der Waals surface area (Å²) in [5.41, 5.74) is 0.768. The lowest BCUT2D eigenvalue weighted by Gasteiger charge is -2.42. The number of allylic oxidation sites excluding steroid dienone is 1. The highest BCUT2D eigenvalue weighted by atomic mass is 32.2. The minimum absolute atomic E-state index is 0.0385. The Hall–Kier alpha value is -2.58. The third kappa shape index (κ3) is 5.37. The Balaban J connectivity index is 1.77. The van der Waals surface area contributed by atoms with Gasteiger partial charge in [0.2, 0.25) is 11.8 Å². The van der Waals surface area contributed by atoms with Crippen molar-refractivity contribution in [3.05, 3.63) is 61.2 Å². The summed E-state index contributed by atoms with van der Waals surface area (Å²) in [5.74, 6) is -1.96. The molecule has 0 saturated carbocycles. The number of thioether (sulfide) groups is 1. The fourth-order valence-corrected chi connectivity index (χ4v) is 9.43. The molecule has 3 unspecified atom stereocenters. The standard InChI is InChI=1S/C32H44N2O5S/c1-5-8-13-18-33(17-7-3)30(37)28-32-22(4)20-25(40-32)26(31(38)39-19-14-9-6-2)27(32)29(36)34(28)24(21-35)23-15-11-10-12-16-23/h6-7,10-12,15-16,22,24-28,35H,2-3,5,8-9,13-14,17-21H2,1,4H3/t22?,24-,25-,26+,27+,28?,32?/m1/s1. The second-order valence-corrected chi connectivity index (χ2v) is 12.8. The van der Waals surface area contributed by atoms with E-state index >= 15 is 0 Å². The molecule has 7 atom stereocenters. The molecule has 3 heterocycles. The largest absolute Gasteiger partial charge is 0.465 e. The molecule has 40 heavy (non-hydrogen) atoms. The van der Waals surface area contributed by atoms with E-state index in [1.807, 2.05) is 35.2 Å². The highest BCUT2D eigenvalue weighted by Gasteiger charge is 2.77. The van der Waals surface area contributed by atoms with Gasteiger partial charge in [0, 0.05) is 18.3 Å². The quantitative estimate of drug-likeness (QED) is 0.186. The summed E-state index contributed by atoms with van der Waals surface area (Å²) < 4.78 is 4.93. The van der Waals surface area contributed by atoms with Crippen molar-refractivity contribution < 1.29 is 24.2 Å². The Labute approximate surface area is 243 Å². The highest BCUT2D eigenvalue weighted by Crippen LogP contribution is 2.69. The van der Waals surface area contributed by atoms with E-state index < -0.39 is 28.7 Å².